The van der Waals surface area contributed by atoms with Gasteiger partial charge in [-0.25, -0.2) is 13.1 Å². The fourth-order valence-corrected chi connectivity index (χ4v) is 4.50. The van der Waals surface area contributed by atoms with Crippen LogP contribution in [0.3, 0.4) is 0 Å². The van der Waals surface area contributed by atoms with E-state index in [1.165, 1.54) is 6.07 Å². The van der Waals surface area contributed by atoms with Crippen LogP contribution in [0.15, 0.2) is 34.5 Å². The summed E-state index contributed by atoms with van der Waals surface area (Å²) in [6, 6.07) is 8.92. The van der Waals surface area contributed by atoms with Gasteiger partial charge < -0.3 is 4.74 Å². The molecule has 21 heavy (non-hydrogen) atoms. The molecule has 1 aromatic heterocycles. The topological polar surface area (TPSA) is 55.4 Å². The molecule has 2 aromatic rings. The van der Waals surface area contributed by atoms with E-state index >= 15 is 0 Å². The molecule has 0 radical (unpaired) electrons. The van der Waals surface area contributed by atoms with E-state index in [2.05, 4.69) is 4.72 Å². The van der Waals surface area contributed by atoms with Gasteiger partial charge in [0.2, 0.25) is 10.0 Å². The molecule has 0 atom stereocenters. The highest BCUT2D eigenvalue weighted by Gasteiger charge is 2.16. The second-order valence-electron chi connectivity index (χ2n) is 4.52. The fraction of sp³-hybridized carbons (Fsp3) is 0.286. The van der Waals surface area contributed by atoms with Crippen molar-refractivity contribution in [3.63, 3.8) is 0 Å². The first-order valence-corrected chi connectivity index (χ1v) is 8.98. The first kappa shape index (κ1) is 16.3. The van der Waals surface area contributed by atoms with E-state index in [0.29, 0.717) is 17.3 Å². The average Bonchev–Trinajstić information content (AvgIpc) is 2.86. The second kappa shape index (κ2) is 6.79. The molecule has 0 amide bonds. The summed E-state index contributed by atoms with van der Waals surface area (Å²) in [5, 5.41) is 0. The van der Waals surface area contributed by atoms with E-state index in [1.807, 2.05) is 25.1 Å². The van der Waals surface area contributed by atoms with Gasteiger partial charge in [0.25, 0.3) is 0 Å². The van der Waals surface area contributed by atoms with Crippen LogP contribution >= 0.6 is 22.9 Å². The molecule has 0 unspecified atom stereocenters. The van der Waals surface area contributed by atoms with E-state index in [1.54, 1.807) is 13.2 Å². The molecule has 4 nitrogen and oxygen atoms in total. The number of nitrogens with one attached hydrogen (secondary N) is 1. The number of methoxy groups -OCH3 is 1. The Morgan fingerprint density at radius 3 is 2.67 bits per heavy atom. The molecule has 1 heterocycles. The monoisotopic (exact) mass is 345 g/mol. The molecule has 0 fully saturated rings. The SMILES string of the molecule is COc1ccc(C)cc1CCNS(=O)(=O)c1ccc(Cl)s1. The first-order valence-electron chi connectivity index (χ1n) is 6.31. The third-order valence-electron chi connectivity index (χ3n) is 2.94. The predicted molar refractivity (Wildman–Crippen MR) is 86.0 cm³/mol. The number of benzene rings is 1. The number of hydrogen-bond acceptors (Lipinski definition) is 4. The van der Waals surface area contributed by atoms with Crippen LogP contribution in [0.2, 0.25) is 4.34 Å². The number of ether oxygens (including phenoxy) is 1. The summed E-state index contributed by atoms with van der Waals surface area (Å²) in [6.07, 6.45) is 0.559. The highest BCUT2D eigenvalue weighted by Crippen LogP contribution is 2.25. The zero-order valence-corrected chi connectivity index (χ0v) is 14.1. The van der Waals surface area contributed by atoms with Gasteiger partial charge in [-0.15, -0.1) is 11.3 Å². The van der Waals surface area contributed by atoms with Crippen molar-refractivity contribution >= 4 is 33.0 Å². The molecule has 0 aliphatic rings. The van der Waals surface area contributed by atoms with Crippen LogP contribution in [0.1, 0.15) is 11.1 Å². The molecule has 2 rings (SSSR count). The minimum atomic E-state index is -3.50. The van der Waals surface area contributed by atoms with E-state index in [0.717, 1.165) is 28.2 Å². The lowest BCUT2D eigenvalue weighted by molar-refractivity contribution is 0.409. The second-order valence-corrected chi connectivity index (χ2v) is 8.23. The van der Waals surface area contributed by atoms with Gasteiger partial charge in [-0.3, -0.25) is 0 Å². The maximum absolute atomic E-state index is 12.1. The van der Waals surface area contributed by atoms with Gasteiger partial charge in [-0.1, -0.05) is 29.3 Å². The summed E-state index contributed by atoms with van der Waals surface area (Å²) in [5.41, 5.74) is 2.09. The minimum Gasteiger partial charge on any atom is -0.496 e. The van der Waals surface area contributed by atoms with Gasteiger partial charge in [0.1, 0.15) is 9.96 Å². The number of halogens is 1. The van der Waals surface area contributed by atoms with Crippen LogP contribution in [0.4, 0.5) is 0 Å². The Morgan fingerprint density at radius 1 is 1.29 bits per heavy atom. The van der Waals surface area contributed by atoms with Crippen LogP contribution < -0.4 is 9.46 Å². The predicted octanol–water partition coefficient (Wildman–Crippen LogP) is 3.24. The third-order valence-corrected chi connectivity index (χ3v) is 6.12. The van der Waals surface area contributed by atoms with Crippen LogP contribution in [-0.2, 0) is 16.4 Å². The molecule has 0 spiro atoms. The van der Waals surface area contributed by atoms with Crippen molar-refractivity contribution < 1.29 is 13.2 Å². The Labute approximate surface area is 133 Å². The Morgan fingerprint density at radius 2 is 2.05 bits per heavy atom. The molecular formula is C14H16ClNO3S2. The van der Waals surface area contributed by atoms with Gasteiger partial charge in [0, 0.05) is 6.54 Å². The summed E-state index contributed by atoms with van der Waals surface area (Å²) < 4.78 is 32.7. The van der Waals surface area contributed by atoms with Crippen molar-refractivity contribution in [3.05, 3.63) is 45.8 Å². The van der Waals surface area contributed by atoms with Crippen LogP contribution in [0.25, 0.3) is 0 Å². The van der Waals surface area contributed by atoms with Crippen LogP contribution in [0.5, 0.6) is 5.75 Å². The smallest absolute Gasteiger partial charge is 0.250 e. The summed E-state index contributed by atoms with van der Waals surface area (Å²) in [6.45, 7) is 2.29. The molecule has 0 aliphatic carbocycles. The zero-order chi connectivity index (χ0) is 15.5. The summed E-state index contributed by atoms with van der Waals surface area (Å²) >= 11 is 6.80. The Kier molecular flexibility index (Phi) is 5.27. The Bertz CT molecular complexity index is 726. The molecule has 0 saturated heterocycles. The van der Waals surface area contributed by atoms with E-state index in [4.69, 9.17) is 16.3 Å². The van der Waals surface area contributed by atoms with Crippen molar-refractivity contribution in [1.82, 2.24) is 4.72 Å². The summed E-state index contributed by atoms with van der Waals surface area (Å²) in [4.78, 5) is 0. The molecular weight excluding hydrogens is 330 g/mol. The number of sulfonamides is 1. The minimum absolute atomic E-state index is 0.226. The van der Waals surface area contributed by atoms with Gasteiger partial charge in [-0.05, 0) is 37.1 Å². The summed E-state index contributed by atoms with van der Waals surface area (Å²) in [7, 11) is -1.89. The maximum atomic E-state index is 12.1. The van der Waals surface area contributed by atoms with Gasteiger partial charge in [0.05, 0.1) is 11.4 Å². The molecule has 7 heteroatoms. The van der Waals surface area contributed by atoms with E-state index in [-0.39, 0.29) is 4.21 Å². The van der Waals surface area contributed by atoms with Crippen molar-refractivity contribution in [2.24, 2.45) is 0 Å². The molecule has 1 N–H and O–H groups in total. The first-order chi connectivity index (χ1) is 9.92. The highest BCUT2D eigenvalue weighted by molar-refractivity contribution is 7.91. The normalized spacial score (nSPS) is 11.6. The fourth-order valence-electron chi connectivity index (χ4n) is 1.94. The van der Waals surface area contributed by atoms with E-state index in [9.17, 15) is 8.42 Å². The Hall–Kier alpha value is -1.08. The Balaban J connectivity index is 2.03. The molecule has 0 aliphatic heterocycles. The lowest BCUT2D eigenvalue weighted by Crippen LogP contribution is -2.25. The van der Waals surface area contributed by atoms with Gasteiger partial charge in [0.15, 0.2) is 0 Å². The largest absolute Gasteiger partial charge is 0.496 e. The van der Waals surface area contributed by atoms with Crippen molar-refractivity contribution in [3.8, 4) is 5.75 Å². The molecule has 1 aromatic carbocycles. The number of rotatable bonds is 6. The maximum Gasteiger partial charge on any atom is 0.250 e. The van der Waals surface area contributed by atoms with Crippen LogP contribution in [0, 0.1) is 6.92 Å². The third kappa shape index (κ3) is 4.20. The van der Waals surface area contributed by atoms with E-state index < -0.39 is 10.0 Å². The van der Waals surface area contributed by atoms with Crippen molar-refractivity contribution in [2.45, 2.75) is 17.6 Å². The lowest BCUT2D eigenvalue weighted by atomic mass is 10.1. The average molecular weight is 346 g/mol. The highest BCUT2D eigenvalue weighted by atomic mass is 35.5. The van der Waals surface area contributed by atoms with Crippen molar-refractivity contribution in [1.29, 1.82) is 0 Å². The van der Waals surface area contributed by atoms with Crippen LogP contribution in [-0.4, -0.2) is 22.1 Å². The molecule has 0 bridgehead atoms. The number of hydrogen-bond donors (Lipinski definition) is 1. The van der Waals surface area contributed by atoms with Gasteiger partial charge >= 0.3 is 0 Å². The molecule has 114 valence electrons. The standard InChI is InChI=1S/C14H16ClNO3S2/c1-10-3-4-12(19-2)11(9-10)7-8-16-21(17,18)14-6-5-13(15)20-14/h3-6,9,16H,7-8H2,1-2H3. The zero-order valence-electron chi connectivity index (χ0n) is 11.7. The number of thiophene rings is 1. The summed E-state index contributed by atoms with van der Waals surface area (Å²) in [5.74, 6) is 0.763. The quantitative estimate of drug-likeness (QED) is 0.874. The number of aryl methyl sites for hydroxylation is 1. The van der Waals surface area contributed by atoms with Crippen molar-refractivity contribution in [2.75, 3.05) is 13.7 Å². The van der Waals surface area contributed by atoms with Gasteiger partial charge in [-0.2, -0.15) is 0 Å². The molecule has 0 saturated carbocycles. The lowest BCUT2D eigenvalue weighted by Gasteiger charge is -2.10.